The molecule has 148 valence electrons. The van der Waals surface area contributed by atoms with Crippen LogP contribution in [0.2, 0.25) is 0 Å². The van der Waals surface area contributed by atoms with Crippen LogP contribution in [0.15, 0.2) is 71.0 Å². The van der Waals surface area contributed by atoms with Crippen LogP contribution < -0.4 is 4.90 Å². The molecule has 2 aromatic carbocycles. The minimum absolute atomic E-state index is 0.0709. The minimum Gasteiger partial charge on any atom is -0.304 e. The largest absolute Gasteiger partial charge is 0.304 e. The zero-order chi connectivity index (χ0) is 20.4. The van der Waals surface area contributed by atoms with Crippen molar-refractivity contribution < 1.29 is 13.2 Å². The van der Waals surface area contributed by atoms with Crippen molar-refractivity contribution in [3.05, 3.63) is 71.6 Å². The summed E-state index contributed by atoms with van der Waals surface area (Å²) in [6.07, 6.45) is 1.60. The summed E-state index contributed by atoms with van der Waals surface area (Å²) in [6.45, 7) is 6.50. The summed E-state index contributed by atoms with van der Waals surface area (Å²) in [5, 5.41) is 1.21. The molecule has 0 unspecified atom stereocenters. The van der Waals surface area contributed by atoms with Crippen LogP contribution in [0.5, 0.6) is 0 Å². The monoisotopic (exact) mass is 415 g/mol. The van der Waals surface area contributed by atoms with E-state index in [9.17, 15) is 13.2 Å². The number of hydrogen-bond donors (Lipinski definition) is 0. The Bertz CT molecular complexity index is 959. The highest BCUT2D eigenvalue weighted by atomic mass is 32.2. The first-order chi connectivity index (χ1) is 13.2. The van der Waals surface area contributed by atoms with Crippen LogP contribution in [0.1, 0.15) is 26.3 Å². The van der Waals surface area contributed by atoms with E-state index in [4.69, 9.17) is 0 Å². The Hall–Kier alpha value is -2.05. The molecule has 1 aliphatic rings. The Balaban J connectivity index is 1.74. The van der Waals surface area contributed by atoms with E-state index in [2.05, 4.69) is 32.9 Å². The molecule has 0 aliphatic carbocycles. The molecule has 0 fully saturated rings. The van der Waals surface area contributed by atoms with Gasteiger partial charge in [-0.3, -0.25) is 4.79 Å². The van der Waals surface area contributed by atoms with Gasteiger partial charge >= 0.3 is 0 Å². The predicted molar refractivity (Wildman–Crippen MR) is 117 cm³/mol. The number of nitrogens with zero attached hydrogens (tertiary/aromatic N) is 1. The van der Waals surface area contributed by atoms with Crippen LogP contribution in [0.3, 0.4) is 0 Å². The van der Waals surface area contributed by atoms with Gasteiger partial charge in [-0.2, -0.15) is 0 Å². The smallest absolute Gasteiger partial charge is 0.237 e. The molecule has 0 N–H and O–H groups in total. The molecule has 2 aromatic rings. The molecule has 0 spiro atoms. The van der Waals surface area contributed by atoms with Gasteiger partial charge < -0.3 is 4.90 Å². The molecule has 1 atom stereocenters. The van der Waals surface area contributed by atoms with E-state index >= 15 is 0 Å². The molecule has 6 heteroatoms. The fraction of sp³-hybridized carbons (Fsp3) is 0.318. The summed E-state index contributed by atoms with van der Waals surface area (Å²) < 4.78 is 23.7. The van der Waals surface area contributed by atoms with Crippen LogP contribution in [0.25, 0.3) is 0 Å². The van der Waals surface area contributed by atoms with Crippen molar-refractivity contribution in [1.29, 1.82) is 0 Å². The van der Waals surface area contributed by atoms with Gasteiger partial charge in [0.2, 0.25) is 5.91 Å². The third-order valence-corrected chi connectivity index (χ3v) is 7.00. The van der Waals surface area contributed by atoms with Crippen LogP contribution >= 0.6 is 11.8 Å². The highest BCUT2D eigenvalue weighted by molar-refractivity contribution is 8.00. The van der Waals surface area contributed by atoms with Crippen molar-refractivity contribution >= 4 is 33.2 Å². The van der Waals surface area contributed by atoms with E-state index in [0.717, 1.165) is 4.90 Å². The number of carbonyl (C=O) groups excluding carboxylic acids is 1. The summed E-state index contributed by atoms with van der Waals surface area (Å²) in [5.41, 5.74) is 2.04. The lowest BCUT2D eigenvalue weighted by Gasteiger charge is -2.27. The second-order valence-electron chi connectivity index (χ2n) is 7.89. The lowest BCUT2D eigenvalue weighted by Crippen LogP contribution is -2.42. The summed E-state index contributed by atoms with van der Waals surface area (Å²) in [7, 11) is -3.25. The maximum atomic E-state index is 13.0. The molecule has 1 amide bonds. The van der Waals surface area contributed by atoms with E-state index in [1.165, 1.54) is 22.7 Å². The normalized spacial score (nSPS) is 18.2. The minimum atomic E-state index is -3.25. The van der Waals surface area contributed by atoms with Crippen molar-refractivity contribution in [2.24, 2.45) is 0 Å². The quantitative estimate of drug-likeness (QED) is 0.679. The van der Waals surface area contributed by atoms with Gasteiger partial charge in [-0.1, -0.05) is 51.1 Å². The van der Waals surface area contributed by atoms with Crippen molar-refractivity contribution in [2.75, 3.05) is 16.4 Å². The summed E-state index contributed by atoms with van der Waals surface area (Å²) in [4.78, 5) is 15.6. The van der Waals surface area contributed by atoms with Gasteiger partial charge in [0.25, 0.3) is 0 Å². The fourth-order valence-electron chi connectivity index (χ4n) is 3.09. The van der Waals surface area contributed by atoms with E-state index in [-0.39, 0.29) is 22.8 Å². The molecule has 1 heterocycles. The van der Waals surface area contributed by atoms with E-state index in [0.29, 0.717) is 5.69 Å². The van der Waals surface area contributed by atoms with Gasteiger partial charge in [0.15, 0.2) is 9.84 Å². The highest BCUT2D eigenvalue weighted by Crippen LogP contribution is 2.28. The molecule has 0 bridgehead atoms. The SMILES string of the molecule is CC(C)(C)c1ccc(SCC(=O)N(c2ccccc2)[C@H]2C=CS(=O)(=O)C2)cc1. The van der Waals surface area contributed by atoms with Gasteiger partial charge in [-0.05, 0) is 41.3 Å². The fourth-order valence-corrected chi connectivity index (χ4v) is 5.12. The molecule has 0 radical (unpaired) electrons. The van der Waals surface area contributed by atoms with Gasteiger partial charge in [0.05, 0.1) is 17.5 Å². The first-order valence-electron chi connectivity index (χ1n) is 9.17. The van der Waals surface area contributed by atoms with Crippen LogP contribution in [0, 0.1) is 0 Å². The molecule has 0 saturated heterocycles. The number of benzene rings is 2. The number of hydrogen-bond acceptors (Lipinski definition) is 4. The second-order valence-corrected chi connectivity index (χ2v) is 10.9. The lowest BCUT2D eigenvalue weighted by molar-refractivity contribution is -0.116. The Morgan fingerprint density at radius 2 is 1.71 bits per heavy atom. The number of anilines is 1. The molecule has 3 rings (SSSR count). The van der Waals surface area contributed by atoms with Gasteiger partial charge in [0.1, 0.15) is 0 Å². The maximum absolute atomic E-state index is 13.0. The van der Waals surface area contributed by atoms with Crippen LogP contribution in [-0.4, -0.2) is 31.9 Å². The molecular weight excluding hydrogens is 390 g/mol. The molecule has 0 saturated carbocycles. The van der Waals surface area contributed by atoms with Crippen molar-refractivity contribution in [3.8, 4) is 0 Å². The third kappa shape index (κ3) is 5.06. The van der Waals surface area contributed by atoms with Gasteiger partial charge in [-0.15, -0.1) is 11.8 Å². The summed E-state index contributed by atoms with van der Waals surface area (Å²) in [5.74, 6) is 0.0649. The number of carbonyl (C=O) groups is 1. The number of rotatable bonds is 5. The van der Waals surface area contributed by atoms with Crippen molar-refractivity contribution in [3.63, 3.8) is 0 Å². The summed E-state index contributed by atoms with van der Waals surface area (Å²) in [6, 6.07) is 17.0. The average molecular weight is 416 g/mol. The summed E-state index contributed by atoms with van der Waals surface area (Å²) >= 11 is 1.46. The number of sulfone groups is 1. The van der Waals surface area contributed by atoms with E-state index < -0.39 is 15.9 Å². The Labute approximate surface area is 171 Å². The standard InChI is InChI=1S/C22H25NO3S2/c1-22(2,3)17-9-11-20(12-10-17)27-15-21(24)23(18-7-5-4-6-8-18)19-13-14-28(25,26)16-19/h4-14,19H,15-16H2,1-3H3/t19-/m0/s1. The second kappa shape index (κ2) is 8.13. The average Bonchev–Trinajstić information content (AvgIpc) is 3.00. The van der Waals surface area contributed by atoms with Crippen LogP contribution in [-0.2, 0) is 20.0 Å². The predicted octanol–water partition coefficient (Wildman–Crippen LogP) is 4.42. The molecule has 4 nitrogen and oxygen atoms in total. The zero-order valence-electron chi connectivity index (χ0n) is 16.3. The Morgan fingerprint density at radius 3 is 2.25 bits per heavy atom. The van der Waals surface area contributed by atoms with Crippen LogP contribution in [0.4, 0.5) is 5.69 Å². The third-order valence-electron chi connectivity index (χ3n) is 4.63. The Morgan fingerprint density at radius 1 is 1.07 bits per heavy atom. The lowest BCUT2D eigenvalue weighted by atomic mass is 9.87. The maximum Gasteiger partial charge on any atom is 0.237 e. The molecule has 0 aromatic heterocycles. The van der Waals surface area contributed by atoms with E-state index in [1.807, 2.05) is 42.5 Å². The first-order valence-corrected chi connectivity index (χ1v) is 11.9. The molecular formula is C22H25NO3S2. The Kier molecular flexibility index (Phi) is 6.01. The number of amides is 1. The first kappa shape index (κ1) is 20.7. The number of thioether (sulfide) groups is 1. The van der Waals surface area contributed by atoms with Gasteiger partial charge in [0, 0.05) is 16.0 Å². The number of para-hydroxylation sites is 1. The van der Waals surface area contributed by atoms with Gasteiger partial charge in [-0.25, -0.2) is 8.42 Å². The zero-order valence-corrected chi connectivity index (χ0v) is 18.0. The van der Waals surface area contributed by atoms with Crippen molar-refractivity contribution in [2.45, 2.75) is 37.1 Å². The topological polar surface area (TPSA) is 54.5 Å². The van der Waals surface area contributed by atoms with Crippen molar-refractivity contribution in [1.82, 2.24) is 0 Å². The molecule has 1 aliphatic heterocycles. The van der Waals surface area contributed by atoms with E-state index in [1.54, 1.807) is 11.0 Å². The highest BCUT2D eigenvalue weighted by Gasteiger charge is 2.31. The molecule has 28 heavy (non-hydrogen) atoms.